The van der Waals surface area contributed by atoms with E-state index in [1.165, 1.54) is 0 Å². The molecule has 0 spiro atoms. The zero-order valence-electron chi connectivity index (χ0n) is 5.17. The lowest BCUT2D eigenvalue weighted by molar-refractivity contribution is 0.486. The summed E-state index contributed by atoms with van der Waals surface area (Å²) in [4.78, 5) is 2.25. The van der Waals surface area contributed by atoms with Crippen LogP contribution in [0, 0.1) is 0 Å². The fourth-order valence-electron chi connectivity index (χ4n) is 0.827. The summed E-state index contributed by atoms with van der Waals surface area (Å²) in [6.07, 6.45) is 8.53. The van der Waals surface area contributed by atoms with Crippen molar-refractivity contribution in [3.05, 3.63) is 24.4 Å². The first kappa shape index (κ1) is 5.42. The Morgan fingerprint density at radius 3 is 2.50 bits per heavy atom. The highest BCUT2D eigenvalue weighted by Gasteiger charge is 1.96. The molecule has 0 aliphatic carbocycles. The van der Waals surface area contributed by atoms with Gasteiger partial charge >= 0.3 is 0 Å². The Morgan fingerprint density at radius 2 is 2.00 bits per heavy atom. The molecule has 1 heteroatoms. The van der Waals surface area contributed by atoms with Gasteiger partial charge in [-0.15, -0.1) is 0 Å². The Bertz CT molecular complexity index is 106. The van der Waals surface area contributed by atoms with Gasteiger partial charge in [0, 0.05) is 13.1 Å². The minimum atomic E-state index is 1.09. The second-order valence-corrected chi connectivity index (χ2v) is 1.91. The third kappa shape index (κ3) is 1.12. The molecule has 44 valence electrons. The van der Waals surface area contributed by atoms with Crippen LogP contribution < -0.4 is 0 Å². The summed E-state index contributed by atoms with van der Waals surface area (Å²) in [6, 6.07) is 0. The van der Waals surface area contributed by atoms with E-state index in [1.807, 2.05) is 6.92 Å². The van der Waals surface area contributed by atoms with Crippen molar-refractivity contribution < 1.29 is 0 Å². The van der Waals surface area contributed by atoms with Gasteiger partial charge in [-0.1, -0.05) is 18.2 Å². The zero-order valence-corrected chi connectivity index (χ0v) is 5.17. The maximum absolute atomic E-state index is 2.25. The summed E-state index contributed by atoms with van der Waals surface area (Å²) in [7, 11) is 0. The van der Waals surface area contributed by atoms with Crippen LogP contribution in [0.4, 0.5) is 0 Å². The highest BCUT2D eigenvalue weighted by Crippen LogP contribution is 1.97. The molecule has 1 nitrogen and oxygen atoms in total. The van der Waals surface area contributed by atoms with Crippen molar-refractivity contribution in [1.82, 2.24) is 4.90 Å². The molecule has 1 heterocycles. The summed E-state index contributed by atoms with van der Waals surface area (Å²) >= 11 is 0. The van der Waals surface area contributed by atoms with Gasteiger partial charge in [-0.3, -0.25) is 0 Å². The number of hydrogen-bond acceptors (Lipinski definition) is 1. The molecule has 1 rings (SSSR count). The lowest BCUT2D eigenvalue weighted by Crippen LogP contribution is -2.10. The van der Waals surface area contributed by atoms with E-state index in [-0.39, 0.29) is 0 Å². The van der Waals surface area contributed by atoms with Crippen LogP contribution in [-0.2, 0) is 0 Å². The quantitative estimate of drug-likeness (QED) is 0.460. The third-order valence-electron chi connectivity index (χ3n) is 1.21. The first-order valence-corrected chi connectivity index (χ1v) is 2.95. The fourth-order valence-corrected chi connectivity index (χ4v) is 0.827. The van der Waals surface area contributed by atoms with E-state index in [0.717, 1.165) is 13.1 Å². The number of rotatable bonds is 1. The highest BCUT2D eigenvalue weighted by atomic mass is 15.1. The first-order chi connectivity index (χ1) is 3.93. The minimum absolute atomic E-state index is 1.09. The molecule has 1 aliphatic heterocycles. The lowest BCUT2D eigenvalue weighted by Gasteiger charge is -2.08. The second kappa shape index (κ2) is 2.55. The topological polar surface area (TPSA) is 3.24 Å². The van der Waals surface area contributed by atoms with Crippen molar-refractivity contribution in [2.24, 2.45) is 0 Å². The van der Waals surface area contributed by atoms with Gasteiger partial charge in [-0.05, 0) is 13.1 Å². The molecule has 0 N–H and O–H groups in total. The average Bonchev–Trinajstić information content (AvgIpc) is 2.19. The summed E-state index contributed by atoms with van der Waals surface area (Å²) in [6.45, 7) is 4.22. The number of allylic oxidation sites excluding steroid dienone is 1. The maximum Gasteiger partial charge on any atom is 0.0358 e. The summed E-state index contributed by atoms with van der Waals surface area (Å²) in [5.41, 5.74) is 0. The summed E-state index contributed by atoms with van der Waals surface area (Å²) in [5, 5.41) is 0. The van der Waals surface area contributed by atoms with Gasteiger partial charge < -0.3 is 4.90 Å². The predicted molar refractivity (Wildman–Crippen MR) is 35.5 cm³/mol. The number of hydrogen-bond donors (Lipinski definition) is 0. The third-order valence-corrected chi connectivity index (χ3v) is 1.21. The molecule has 0 saturated carbocycles. The minimum Gasteiger partial charge on any atom is -0.370 e. The smallest absolute Gasteiger partial charge is 0.0358 e. The van der Waals surface area contributed by atoms with E-state index in [2.05, 4.69) is 29.3 Å². The SMILES string of the molecule is CC=CN1CC=CC1. The summed E-state index contributed by atoms with van der Waals surface area (Å²) in [5.74, 6) is 0. The monoisotopic (exact) mass is 109 g/mol. The molecule has 0 amide bonds. The van der Waals surface area contributed by atoms with Gasteiger partial charge in [0.15, 0.2) is 0 Å². The Hall–Kier alpha value is -0.720. The van der Waals surface area contributed by atoms with Crippen LogP contribution in [0.3, 0.4) is 0 Å². The highest BCUT2D eigenvalue weighted by molar-refractivity contribution is 4.99. The van der Waals surface area contributed by atoms with Gasteiger partial charge in [0.2, 0.25) is 0 Å². The first-order valence-electron chi connectivity index (χ1n) is 2.95. The number of nitrogens with zero attached hydrogens (tertiary/aromatic N) is 1. The maximum atomic E-state index is 2.25. The van der Waals surface area contributed by atoms with Crippen LogP contribution in [0.5, 0.6) is 0 Å². The molecule has 0 atom stereocenters. The largest absolute Gasteiger partial charge is 0.370 e. The Labute approximate surface area is 50.3 Å². The van der Waals surface area contributed by atoms with E-state index < -0.39 is 0 Å². The van der Waals surface area contributed by atoms with Gasteiger partial charge in [0.1, 0.15) is 0 Å². The Morgan fingerprint density at radius 1 is 1.38 bits per heavy atom. The van der Waals surface area contributed by atoms with E-state index in [0.29, 0.717) is 0 Å². The molecule has 0 unspecified atom stereocenters. The van der Waals surface area contributed by atoms with Crippen LogP contribution >= 0.6 is 0 Å². The zero-order chi connectivity index (χ0) is 5.82. The lowest BCUT2D eigenvalue weighted by atomic mass is 10.6. The van der Waals surface area contributed by atoms with Crippen molar-refractivity contribution in [3.63, 3.8) is 0 Å². The van der Waals surface area contributed by atoms with Crippen LogP contribution in [0.2, 0.25) is 0 Å². The van der Waals surface area contributed by atoms with Crippen molar-refractivity contribution in [3.8, 4) is 0 Å². The molecule has 0 aromatic carbocycles. The Balaban J connectivity index is 2.30. The molecule has 0 aromatic heterocycles. The van der Waals surface area contributed by atoms with Crippen molar-refractivity contribution >= 4 is 0 Å². The molecule has 0 radical (unpaired) electrons. The van der Waals surface area contributed by atoms with E-state index in [9.17, 15) is 0 Å². The van der Waals surface area contributed by atoms with Crippen molar-refractivity contribution in [1.29, 1.82) is 0 Å². The summed E-state index contributed by atoms with van der Waals surface area (Å²) < 4.78 is 0. The molecule has 1 aliphatic rings. The predicted octanol–water partition coefficient (Wildman–Crippen LogP) is 1.39. The van der Waals surface area contributed by atoms with Crippen LogP contribution in [-0.4, -0.2) is 18.0 Å². The van der Waals surface area contributed by atoms with E-state index >= 15 is 0 Å². The van der Waals surface area contributed by atoms with E-state index in [1.54, 1.807) is 0 Å². The molecule has 8 heavy (non-hydrogen) atoms. The van der Waals surface area contributed by atoms with Crippen molar-refractivity contribution in [2.75, 3.05) is 13.1 Å². The van der Waals surface area contributed by atoms with Gasteiger partial charge in [0.25, 0.3) is 0 Å². The van der Waals surface area contributed by atoms with Gasteiger partial charge in [-0.2, -0.15) is 0 Å². The molecule has 0 aromatic rings. The molecular weight excluding hydrogens is 98.1 g/mol. The van der Waals surface area contributed by atoms with Crippen LogP contribution in [0.25, 0.3) is 0 Å². The van der Waals surface area contributed by atoms with Crippen LogP contribution in [0.1, 0.15) is 6.92 Å². The van der Waals surface area contributed by atoms with Crippen LogP contribution in [0.15, 0.2) is 24.4 Å². The molecule has 0 fully saturated rings. The second-order valence-electron chi connectivity index (χ2n) is 1.91. The molecule has 0 saturated heterocycles. The van der Waals surface area contributed by atoms with Gasteiger partial charge in [-0.25, -0.2) is 0 Å². The average molecular weight is 109 g/mol. The standard InChI is InChI=1S/C7H11N/c1-2-5-8-6-3-4-7-8/h2-5H,6-7H2,1H3. The van der Waals surface area contributed by atoms with E-state index in [4.69, 9.17) is 0 Å². The molecular formula is C7H11N. The van der Waals surface area contributed by atoms with Gasteiger partial charge in [0.05, 0.1) is 0 Å². The van der Waals surface area contributed by atoms with Crippen molar-refractivity contribution in [2.45, 2.75) is 6.92 Å². The molecule has 0 bridgehead atoms. The Kier molecular flexibility index (Phi) is 1.73. The fraction of sp³-hybridized carbons (Fsp3) is 0.429. The normalized spacial score (nSPS) is 18.9.